The van der Waals surface area contributed by atoms with Gasteiger partial charge in [-0.05, 0) is 31.3 Å². The van der Waals surface area contributed by atoms with Crippen molar-refractivity contribution in [3.8, 4) is 0 Å². The van der Waals surface area contributed by atoms with Crippen molar-refractivity contribution in [1.82, 2.24) is 5.32 Å². The highest BCUT2D eigenvalue weighted by atomic mass is 32.1. The fraction of sp³-hybridized carbons (Fsp3) is 0.600. The van der Waals surface area contributed by atoms with Crippen LogP contribution in [-0.2, 0) is 0 Å². The van der Waals surface area contributed by atoms with E-state index in [2.05, 4.69) is 5.32 Å². The van der Waals surface area contributed by atoms with E-state index in [1.807, 2.05) is 24.4 Å². The molecule has 4 heteroatoms. The monoisotopic (exact) mass is 215 g/mol. The highest BCUT2D eigenvalue weighted by molar-refractivity contribution is 7.10. The smallest absolute Gasteiger partial charge is 0.103 e. The van der Waals surface area contributed by atoms with Crippen molar-refractivity contribution in [2.24, 2.45) is 0 Å². The van der Waals surface area contributed by atoms with Gasteiger partial charge in [0.2, 0.25) is 0 Å². The minimum atomic E-state index is -0.450. The Bertz CT molecular complexity index is 238. The lowest BCUT2D eigenvalue weighted by atomic mass is 10.1. The lowest BCUT2D eigenvalue weighted by molar-refractivity contribution is 0.138. The van der Waals surface area contributed by atoms with Crippen molar-refractivity contribution in [3.63, 3.8) is 0 Å². The number of hydrogen-bond donors (Lipinski definition) is 3. The third-order valence-electron chi connectivity index (χ3n) is 2.11. The third kappa shape index (κ3) is 3.38. The number of nitrogens with one attached hydrogen (secondary N) is 1. The van der Waals surface area contributed by atoms with Crippen LogP contribution in [0.2, 0.25) is 0 Å². The summed E-state index contributed by atoms with van der Waals surface area (Å²) in [6.07, 6.45) is 0.273. The van der Waals surface area contributed by atoms with Crippen LogP contribution in [0, 0.1) is 0 Å². The predicted octanol–water partition coefficient (Wildman–Crippen LogP) is 1.14. The van der Waals surface area contributed by atoms with E-state index < -0.39 is 6.10 Å². The van der Waals surface area contributed by atoms with Crippen LogP contribution in [0.15, 0.2) is 17.5 Å². The molecular formula is C10H17NO2S. The van der Waals surface area contributed by atoms with Crippen LogP contribution >= 0.6 is 11.3 Å². The van der Waals surface area contributed by atoms with E-state index >= 15 is 0 Å². The van der Waals surface area contributed by atoms with E-state index in [1.165, 1.54) is 0 Å². The molecule has 2 unspecified atom stereocenters. The van der Waals surface area contributed by atoms with Crippen LogP contribution in [0.1, 0.15) is 24.3 Å². The molecule has 0 aliphatic carbocycles. The van der Waals surface area contributed by atoms with Gasteiger partial charge in [-0.25, -0.2) is 0 Å². The molecule has 3 N–H and O–H groups in total. The quantitative estimate of drug-likeness (QED) is 0.624. The minimum Gasteiger partial charge on any atom is -0.396 e. The molecule has 0 spiro atoms. The molecule has 0 bridgehead atoms. The van der Waals surface area contributed by atoms with Crippen molar-refractivity contribution in [2.75, 3.05) is 13.2 Å². The van der Waals surface area contributed by atoms with Crippen molar-refractivity contribution >= 4 is 11.3 Å². The van der Waals surface area contributed by atoms with Gasteiger partial charge < -0.3 is 15.5 Å². The standard InChI is InChI=1S/C10H17NO2S/c1-8(11-5-3-6-12)10(13)9-4-2-7-14-9/h2,4,7-8,10-13H,3,5-6H2,1H3. The first-order chi connectivity index (χ1) is 6.75. The Morgan fingerprint density at radius 2 is 2.36 bits per heavy atom. The molecule has 1 aromatic heterocycles. The summed E-state index contributed by atoms with van der Waals surface area (Å²) in [6, 6.07) is 3.89. The second-order valence-electron chi connectivity index (χ2n) is 3.28. The Labute approximate surface area is 88.4 Å². The number of aliphatic hydroxyl groups is 2. The van der Waals surface area contributed by atoms with E-state index in [-0.39, 0.29) is 12.6 Å². The molecule has 1 rings (SSSR count). The topological polar surface area (TPSA) is 52.5 Å². The van der Waals surface area contributed by atoms with Gasteiger partial charge in [-0.3, -0.25) is 0 Å². The maximum absolute atomic E-state index is 9.86. The summed E-state index contributed by atoms with van der Waals surface area (Å²) in [4.78, 5) is 0.981. The van der Waals surface area contributed by atoms with Gasteiger partial charge >= 0.3 is 0 Å². The largest absolute Gasteiger partial charge is 0.396 e. The summed E-state index contributed by atoms with van der Waals surface area (Å²) >= 11 is 1.56. The molecule has 0 aliphatic heterocycles. The summed E-state index contributed by atoms with van der Waals surface area (Å²) in [6.45, 7) is 2.87. The molecule has 1 aromatic rings. The molecule has 2 atom stereocenters. The summed E-state index contributed by atoms with van der Waals surface area (Å²) in [5.41, 5.74) is 0. The highest BCUT2D eigenvalue weighted by Gasteiger charge is 2.15. The second-order valence-corrected chi connectivity index (χ2v) is 4.26. The normalized spacial score (nSPS) is 15.4. The molecule has 0 fully saturated rings. The van der Waals surface area contributed by atoms with Gasteiger partial charge in [-0.1, -0.05) is 6.07 Å². The Morgan fingerprint density at radius 3 is 2.93 bits per heavy atom. The number of hydrogen-bond acceptors (Lipinski definition) is 4. The first-order valence-electron chi connectivity index (χ1n) is 4.81. The molecule has 0 aromatic carbocycles. The van der Waals surface area contributed by atoms with Crippen LogP contribution < -0.4 is 5.32 Å². The summed E-state index contributed by atoms with van der Waals surface area (Å²) in [5, 5.41) is 23.6. The van der Waals surface area contributed by atoms with Crippen LogP contribution in [0.5, 0.6) is 0 Å². The molecule has 14 heavy (non-hydrogen) atoms. The van der Waals surface area contributed by atoms with Crippen molar-refractivity contribution in [2.45, 2.75) is 25.5 Å². The summed E-state index contributed by atoms with van der Waals surface area (Å²) in [5.74, 6) is 0. The Balaban J connectivity index is 2.33. The Morgan fingerprint density at radius 1 is 1.57 bits per heavy atom. The van der Waals surface area contributed by atoms with Crippen LogP contribution in [0.3, 0.4) is 0 Å². The van der Waals surface area contributed by atoms with Gasteiger partial charge in [0, 0.05) is 17.5 Å². The predicted molar refractivity (Wildman–Crippen MR) is 58.4 cm³/mol. The molecule has 1 heterocycles. The van der Waals surface area contributed by atoms with Crippen molar-refractivity contribution in [3.05, 3.63) is 22.4 Å². The van der Waals surface area contributed by atoms with E-state index in [4.69, 9.17) is 5.11 Å². The number of thiophene rings is 1. The van der Waals surface area contributed by atoms with Gasteiger partial charge in [0.25, 0.3) is 0 Å². The lowest BCUT2D eigenvalue weighted by Crippen LogP contribution is -2.32. The van der Waals surface area contributed by atoms with Crippen LogP contribution in [0.25, 0.3) is 0 Å². The lowest BCUT2D eigenvalue weighted by Gasteiger charge is -2.18. The molecule has 0 amide bonds. The highest BCUT2D eigenvalue weighted by Crippen LogP contribution is 2.21. The van der Waals surface area contributed by atoms with Crippen molar-refractivity contribution in [1.29, 1.82) is 0 Å². The molecule has 0 radical (unpaired) electrons. The second kappa shape index (κ2) is 6.14. The average Bonchev–Trinajstić information content (AvgIpc) is 2.69. The first kappa shape index (κ1) is 11.7. The van der Waals surface area contributed by atoms with Gasteiger partial charge in [-0.2, -0.15) is 0 Å². The number of aliphatic hydroxyl groups excluding tert-OH is 2. The molecular weight excluding hydrogens is 198 g/mol. The van der Waals surface area contributed by atoms with Gasteiger partial charge in [0.05, 0.1) is 0 Å². The van der Waals surface area contributed by atoms with Crippen molar-refractivity contribution < 1.29 is 10.2 Å². The molecule has 0 saturated heterocycles. The fourth-order valence-electron chi connectivity index (χ4n) is 1.23. The van der Waals surface area contributed by atoms with E-state index in [0.717, 1.165) is 17.8 Å². The third-order valence-corrected chi connectivity index (χ3v) is 3.05. The minimum absolute atomic E-state index is 0.0280. The van der Waals surface area contributed by atoms with E-state index in [0.29, 0.717) is 0 Å². The van der Waals surface area contributed by atoms with E-state index in [9.17, 15) is 5.11 Å². The summed E-state index contributed by atoms with van der Waals surface area (Å²) < 4.78 is 0. The zero-order chi connectivity index (χ0) is 10.4. The van der Waals surface area contributed by atoms with Crippen LogP contribution in [0.4, 0.5) is 0 Å². The van der Waals surface area contributed by atoms with Gasteiger partial charge in [-0.15, -0.1) is 11.3 Å². The van der Waals surface area contributed by atoms with Gasteiger partial charge in [0.15, 0.2) is 0 Å². The fourth-order valence-corrected chi connectivity index (χ4v) is 2.04. The molecule has 0 saturated carbocycles. The Kier molecular flexibility index (Phi) is 5.11. The van der Waals surface area contributed by atoms with Gasteiger partial charge in [0.1, 0.15) is 6.10 Å². The number of rotatable bonds is 6. The molecule has 0 aliphatic rings. The average molecular weight is 215 g/mol. The zero-order valence-electron chi connectivity index (χ0n) is 8.31. The van der Waals surface area contributed by atoms with Crippen LogP contribution in [-0.4, -0.2) is 29.4 Å². The molecule has 3 nitrogen and oxygen atoms in total. The maximum Gasteiger partial charge on any atom is 0.103 e. The SMILES string of the molecule is CC(NCCCO)C(O)c1cccs1. The molecule has 80 valence electrons. The summed E-state index contributed by atoms with van der Waals surface area (Å²) in [7, 11) is 0. The van der Waals surface area contributed by atoms with E-state index in [1.54, 1.807) is 11.3 Å². The Hall–Kier alpha value is -0.420. The first-order valence-corrected chi connectivity index (χ1v) is 5.69. The zero-order valence-corrected chi connectivity index (χ0v) is 9.13. The maximum atomic E-state index is 9.86.